The highest BCUT2D eigenvalue weighted by molar-refractivity contribution is 8.19. The molecule has 6 heteroatoms. The van der Waals surface area contributed by atoms with Crippen molar-refractivity contribution in [1.82, 2.24) is 0 Å². The van der Waals surface area contributed by atoms with E-state index in [0.29, 0.717) is 11.1 Å². The van der Waals surface area contributed by atoms with Crippen molar-refractivity contribution in [2.45, 2.75) is 23.3 Å². The van der Waals surface area contributed by atoms with Gasteiger partial charge in [-0.05, 0) is 37.1 Å². The third kappa shape index (κ3) is 1.57. The Labute approximate surface area is 137 Å². The average Bonchev–Trinajstić information content (AvgIpc) is 2.85. The zero-order valence-electron chi connectivity index (χ0n) is 10.8. The minimum atomic E-state index is -0.309. The summed E-state index contributed by atoms with van der Waals surface area (Å²) in [5, 5.41) is 19.0. The van der Waals surface area contributed by atoms with Crippen molar-refractivity contribution >= 4 is 48.8 Å². The maximum atomic E-state index is 9.51. The molecule has 100 valence electrons. The van der Waals surface area contributed by atoms with Crippen molar-refractivity contribution in [3.8, 4) is 12.1 Å². The smallest absolute Gasteiger partial charge is 0.101 e. The van der Waals surface area contributed by atoms with Gasteiger partial charge >= 0.3 is 0 Å². The van der Waals surface area contributed by atoms with Gasteiger partial charge in [-0.2, -0.15) is 10.5 Å². The van der Waals surface area contributed by atoms with Crippen LogP contribution in [0, 0.1) is 22.7 Å². The van der Waals surface area contributed by atoms with Crippen LogP contribution < -0.4 is 0 Å². The number of fused-ring (bicyclic) bond motifs is 3. The molecule has 2 nitrogen and oxygen atoms in total. The molecule has 0 saturated heterocycles. The van der Waals surface area contributed by atoms with E-state index < -0.39 is 0 Å². The first-order chi connectivity index (χ1) is 9.37. The third-order valence-corrected chi connectivity index (χ3v) is 7.77. The Morgan fingerprint density at radius 3 is 1.55 bits per heavy atom. The zero-order valence-corrected chi connectivity index (χ0v) is 14.2. The Morgan fingerprint density at radius 1 is 0.900 bits per heavy atom. The summed E-state index contributed by atoms with van der Waals surface area (Å²) in [5.74, 6) is 0. The van der Waals surface area contributed by atoms with Gasteiger partial charge in [0.25, 0.3) is 0 Å². The molecule has 1 aliphatic carbocycles. The Hall–Kier alpha value is -0.660. The summed E-state index contributed by atoms with van der Waals surface area (Å²) >= 11 is 12.2. The minimum absolute atomic E-state index is 0.309. The molecule has 3 aliphatic rings. The topological polar surface area (TPSA) is 47.6 Å². The van der Waals surface area contributed by atoms with Crippen molar-refractivity contribution in [3.05, 3.63) is 42.9 Å². The van der Waals surface area contributed by atoms with Gasteiger partial charge in [0, 0.05) is 8.47 Å². The molecular weight excluding hydrogens is 324 g/mol. The third-order valence-electron chi connectivity index (χ3n) is 4.10. The molecule has 20 heavy (non-hydrogen) atoms. The highest BCUT2D eigenvalue weighted by atomic mass is 32.2. The molecule has 0 N–H and O–H groups in total. The molecule has 0 aromatic heterocycles. The largest absolute Gasteiger partial charge is 0.192 e. The van der Waals surface area contributed by atoms with E-state index in [9.17, 15) is 10.5 Å². The van der Waals surface area contributed by atoms with E-state index >= 15 is 0 Å². The standard InChI is InChI=1S/C14H10N2S4/c1-13-9(3-11(17)19-13)7(5-15)8(6-16)10-4-12(18)20-14(10,13)2/h3-4,17-18H,1-2H3. The number of rotatable bonds is 0. The summed E-state index contributed by atoms with van der Waals surface area (Å²) in [6.07, 6.45) is 3.84. The maximum absolute atomic E-state index is 9.51. The number of hydrogen-bond acceptors (Lipinski definition) is 6. The fourth-order valence-electron chi connectivity index (χ4n) is 2.94. The van der Waals surface area contributed by atoms with Gasteiger partial charge in [-0.25, -0.2) is 0 Å². The fraction of sp³-hybridized carbons (Fsp3) is 0.286. The molecule has 3 rings (SSSR count). The van der Waals surface area contributed by atoms with E-state index in [1.54, 1.807) is 23.5 Å². The van der Waals surface area contributed by atoms with Gasteiger partial charge in [-0.1, -0.05) is 0 Å². The Morgan fingerprint density at radius 2 is 1.25 bits per heavy atom. The Balaban J connectivity index is 2.40. The predicted molar refractivity (Wildman–Crippen MR) is 91.4 cm³/mol. The van der Waals surface area contributed by atoms with Crippen LogP contribution in [0.2, 0.25) is 0 Å². The Kier molecular flexibility index (Phi) is 3.15. The van der Waals surface area contributed by atoms with E-state index in [4.69, 9.17) is 0 Å². The summed E-state index contributed by atoms with van der Waals surface area (Å²) < 4.78 is 1.14. The van der Waals surface area contributed by atoms with Crippen molar-refractivity contribution in [1.29, 1.82) is 10.5 Å². The van der Waals surface area contributed by atoms with Crippen molar-refractivity contribution in [2.24, 2.45) is 0 Å². The molecule has 2 heterocycles. The van der Waals surface area contributed by atoms with Gasteiger partial charge in [-0.15, -0.1) is 48.8 Å². The van der Waals surface area contributed by atoms with Crippen LogP contribution in [0.1, 0.15) is 13.8 Å². The number of nitrogens with zero attached hydrogens (tertiary/aromatic N) is 2. The second-order valence-corrected chi connectivity index (χ2v) is 9.53. The molecule has 0 radical (unpaired) electrons. The summed E-state index contributed by atoms with van der Waals surface area (Å²) in [5.41, 5.74) is 2.75. The molecule has 2 unspecified atom stereocenters. The van der Waals surface area contributed by atoms with E-state index in [0.717, 1.165) is 19.6 Å². The van der Waals surface area contributed by atoms with Crippen LogP contribution in [0.3, 0.4) is 0 Å². The highest BCUT2D eigenvalue weighted by Gasteiger charge is 2.58. The van der Waals surface area contributed by atoms with Gasteiger partial charge < -0.3 is 0 Å². The predicted octanol–water partition coefficient (Wildman–Crippen LogP) is 4.19. The summed E-state index contributed by atoms with van der Waals surface area (Å²) in [7, 11) is 0. The van der Waals surface area contributed by atoms with Crippen molar-refractivity contribution < 1.29 is 0 Å². The summed E-state index contributed by atoms with van der Waals surface area (Å²) in [4.78, 5) is 0. The van der Waals surface area contributed by atoms with E-state index in [-0.39, 0.29) is 9.49 Å². The number of hydrogen-bond donors (Lipinski definition) is 2. The monoisotopic (exact) mass is 334 g/mol. The summed E-state index contributed by atoms with van der Waals surface area (Å²) in [6.45, 7) is 4.23. The van der Waals surface area contributed by atoms with Crippen molar-refractivity contribution in [2.75, 3.05) is 0 Å². The highest BCUT2D eigenvalue weighted by Crippen LogP contribution is 2.67. The van der Waals surface area contributed by atoms with Gasteiger partial charge in [-0.3, -0.25) is 0 Å². The lowest BCUT2D eigenvalue weighted by molar-refractivity contribution is 0.613. The van der Waals surface area contributed by atoms with Crippen molar-refractivity contribution in [3.63, 3.8) is 0 Å². The van der Waals surface area contributed by atoms with Gasteiger partial charge in [0.2, 0.25) is 0 Å². The average molecular weight is 335 g/mol. The molecule has 0 aromatic carbocycles. The zero-order chi connectivity index (χ0) is 14.7. The van der Waals surface area contributed by atoms with E-state index in [2.05, 4.69) is 51.2 Å². The van der Waals surface area contributed by atoms with Gasteiger partial charge in [0.15, 0.2) is 0 Å². The molecular formula is C14H10N2S4. The normalized spacial score (nSPS) is 35.1. The SMILES string of the molecule is CC12SC(S)=CC1=C(C#N)C(C#N)=C1C=C(S)SC12C. The molecule has 2 aliphatic heterocycles. The lowest BCUT2D eigenvalue weighted by Crippen LogP contribution is -2.47. The Bertz CT molecular complexity index is 680. The van der Waals surface area contributed by atoms with Crippen LogP contribution in [0.4, 0.5) is 0 Å². The van der Waals surface area contributed by atoms with Gasteiger partial charge in [0.1, 0.15) is 12.1 Å². The molecule has 0 amide bonds. The number of nitriles is 2. The number of allylic oxidation sites excluding steroid dienone is 4. The minimum Gasteiger partial charge on any atom is -0.192 e. The van der Waals surface area contributed by atoms with Crippen LogP contribution in [0.25, 0.3) is 0 Å². The molecule has 2 atom stereocenters. The van der Waals surface area contributed by atoms with Crippen LogP contribution in [0.15, 0.2) is 42.9 Å². The quantitative estimate of drug-likeness (QED) is 0.652. The van der Waals surface area contributed by atoms with E-state index in [1.807, 2.05) is 12.2 Å². The van der Waals surface area contributed by atoms with Gasteiger partial charge in [0.05, 0.1) is 20.6 Å². The molecule has 0 aromatic rings. The second kappa shape index (κ2) is 4.42. The second-order valence-electron chi connectivity index (χ2n) is 5.04. The van der Waals surface area contributed by atoms with Crippen LogP contribution in [-0.2, 0) is 0 Å². The van der Waals surface area contributed by atoms with Crippen LogP contribution in [0.5, 0.6) is 0 Å². The first-order valence-corrected chi connectivity index (χ1v) is 8.39. The first kappa shape index (κ1) is 14.3. The molecule has 0 bridgehead atoms. The maximum Gasteiger partial charge on any atom is 0.101 e. The number of thiol groups is 2. The van der Waals surface area contributed by atoms with Crippen LogP contribution in [-0.4, -0.2) is 9.49 Å². The summed E-state index contributed by atoms with van der Waals surface area (Å²) in [6, 6.07) is 4.42. The lowest BCUT2D eigenvalue weighted by atomic mass is 9.72. The van der Waals surface area contributed by atoms with Crippen LogP contribution >= 0.6 is 48.8 Å². The van der Waals surface area contributed by atoms with E-state index in [1.165, 1.54) is 0 Å². The molecule has 0 fully saturated rings. The first-order valence-electron chi connectivity index (χ1n) is 5.87. The number of thioether (sulfide) groups is 2. The molecule has 0 spiro atoms. The molecule has 0 saturated carbocycles. The fourth-order valence-corrected chi connectivity index (χ4v) is 6.89. The lowest BCUT2D eigenvalue weighted by Gasteiger charge is -2.45.